The van der Waals surface area contributed by atoms with Crippen LogP contribution in [0.15, 0.2) is 48.7 Å². The Labute approximate surface area is 222 Å². The number of anilines is 3. The molecule has 198 valence electrons. The van der Waals surface area contributed by atoms with Gasteiger partial charge in [-0.05, 0) is 46.0 Å². The first-order chi connectivity index (χ1) is 18.3. The summed E-state index contributed by atoms with van der Waals surface area (Å²) in [6.45, 7) is 3.78. The maximum Gasteiger partial charge on any atom is 0.294 e. The third kappa shape index (κ3) is 4.63. The number of hydrogen-bond acceptors (Lipinski definition) is 8. The second-order valence-corrected chi connectivity index (χ2v) is 10.0. The minimum atomic E-state index is -0.368. The summed E-state index contributed by atoms with van der Waals surface area (Å²) >= 11 is 0. The Balaban J connectivity index is 1.53. The Morgan fingerprint density at radius 1 is 1.21 bits per heavy atom. The van der Waals surface area contributed by atoms with Crippen LogP contribution < -0.4 is 15.0 Å². The number of para-hydroxylation sites is 1. The molecule has 0 amide bonds. The van der Waals surface area contributed by atoms with Crippen molar-refractivity contribution < 1.29 is 9.66 Å². The molecule has 2 aromatic heterocycles. The van der Waals surface area contributed by atoms with E-state index in [4.69, 9.17) is 9.72 Å². The van der Waals surface area contributed by atoms with Crippen LogP contribution in [0.5, 0.6) is 5.75 Å². The van der Waals surface area contributed by atoms with Crippen LogP contribution in [0.25, 0.3) is 22.2 Å². The predicted molar refractivity (Wildman–Crippen MR) is 151 cm³/mol. The maximum absolute atomic E-state index is 12.1. The van der Waals surface area contributed by atoms with Crippen LogP contribution in [0.2, 0.25) is 0 Å². The molecule has 0 bridgehead atoms. The van der Waals surface area contributed by atoms with Gasteiger partial charge in [-0.25, -0.2) is 9.97 Å². The molecule has 0 fully saturated rings. The summed E-state index contributed by atoms with van der Waals surface area (Å²) in [4.78, 5) is 24.9. The molecular weight excluding hydrogens is 482 g/mol. The van der Waals surface area contributed by atoms with Gasteiger partial charge in [0.15, 0.2) is 0 Å². The van der Waals surface area contributed by atoms with Crippen molar-refractivity contribution >= 4 is 33.9 Å². The van der Waals surface area contributed by atoms with Gasteiger partial charge in [-0.15, -0.1) is 0 Å². The van der Waals surface area contributed by atoms with Crippen LogP contribution in [0.4, 0.5) is 23.0 Å². The van der Waals surface area contributed by atoms with Crippen molar-refractivity contribution in [1.82, 2.24) is 19.4 Å². The van der Waals surface area contributed by atoms with Crippen LogP contribution in [0, 0.1) is 10.1 Å². The molecule has 0 saturated heterocycles. The highest BCUT2D eigenvalue weighted by Gasteiger charge is 2.26. The van der Waals surface area contributed by atoms with Crippen molar-refractivity contribution in [2.45, 2.75) is 32.4 Å². The van der Waals surface area contributed by atoms with E-state index in [9.17, 15) is 10.1 Å². The lowest BCUT2D eigenvalue weighted by molar-refractivity contribution is -0.384. The fraction of sp³-hybridized carbons (Fsp3) is 0.357. The summed E-state index contributed by atoms with van der Waals surface area (Å²) < 4.78 is 8.02. The quantitative estimate of drug-likeness (QED) is 0.243. The summed E-state index contributed by atoms with van der Waals surface area (Å²) in [6, 6.07) is 13.5. The molecule has 2 aromatic carbocycles. The highest BCUT2D eigenvalue weighted by molar-refractivity contribution is 5.97. The molecule has 0 spiro atoms. The Kier molecular flexibility index (Phi) is 6.90. The zero-order chi connectivity index (χ0) is 27.0. The average Bonchev–Trinajstić information content (AvgIpc) is 3.48. The minimum absolute atomic E-state index is 0.0196. The first kappa shape index (κ1) is 25.5. The number of nitrogens with zero attached hydrogens (tertiary/aromatic N) is 6. The number of rotatable bonds is 9. The van der Waals surface area contributed by atoms with Crippen molar-refractivity contribution in [3.05, 3.63) is 64.5 Å². The van der Waals surface area contributed by atoms with E-state index in [-0.39, 0.29) is 16.7 Å². The Morgan fingerprint density at radius 2 is 2.00 bits per heavy atom. The van der Waals surface area contributed by atoms with Crippen molar-refractivity contribution in [3.8, 4) is 17.0 Å². The second kappa shape index (κ2) is 10.3. The molecule has 0 saturated carbocycles. The van der Waals surface area contributed by atoms with Crippen molar-refractivity contribution in [2.75, 3.05) is 45.0 Å². The Morgan fingerprint density at radius 3 is 2.74 bits per heavy atom. The van der Waals surface area contributed by atoms with Crippen LogP contribution in [-0.2, 0) is 13.0 Å². The van der Waals surface area contributed by atoms with Gasteiger partial charge in [-0.2, -0.15) is 0 Å². The number of nitrogens with one attached hydrogen (secondary N) is 1. The van der Waals surface area contributed by atoms with Gasteiger partial charge in [0.25, 0.3) is 5.69 Å². The average molecular weight is 516 g/mol. The number of benzene rings is 2. The van der Waals surface area contributed by atoms with Gasteiger partial charge in [0, 0.05) is 66.7 Å². The molecule has 4 aromatic rings. The van der Waals surface area contributed by atoms with Crippen molar-refractivity contribution in [1.29, 1.82) is 0 Å². The van der Waals surface area contributed by atoms with E-state index in [1.54, 1.807) is 19.4 Å². The largest absolute Gasteiger partial charge is 0.494 e. The number of likely N-dealkylation sites (N-methyl/N-ethyl adjacent to an activating group) is 2. The Hall–Kier alpha value is -4.18. The molecule has 1 aliphatic heterocycles. The highest BCUT2D eigenvalue weighted by Crippen LogP contribution is 2.41. The van der Waals surface area contributed by atoms with Gasteiger partial charge in [-0.1, -0.05) is 18.2 Å². The number of aryl methyl sites for hydroxylation is 1. The number of hydrogen-bond donors (Lipinski definition) is 1. The topological polar surface area (TPSA) is 102 Å². The smallest absolute Gasteiger partial charge is 0.294 e. The van der Waals surface area contributed by atoms with Gasteiger partial charge < -0.3 is 24.4 Å². The zero-order valence-electron chi connectivity index (χ0n) is 22.4. The number of nitro benzene ring substituents is 1. The number of nitro groups is 1. The zero-order valence-corrected chi connectivity index (χ0v) is 22.4. The number of ether oxygens (including phenoxy) is 1. The Bertz CT molecular complexity index is 1500. The van der Waals surface area contributed by atoms with Gasteiger partial charge >= 0.3 is 0 Å². The van der Waals surface area contributed by atoms with E-state index in [2.05, 4.69) is 33.1 Å². The molecule has 10 heteroatoms. The van der Waals surface area contributed by atoms with Gasteiger partial charge in [0.05, 0.1) is 23.4 Å². The van der Waals surface area contributed by atoms with E-state index in [0.717, 1.165) is 37.2 Å². The normalized spacial score (nSPS) is 13.5. The van der Waals surface area contributed by atoms with Crippen LogP contribution >= 0.6 is 0 Å². The van der Waals surface area contributed by atoms with Gasteiger partial charge in [-0.3, -0.25) is 10.1 Å². The monoisotopic (exact) mass is 515 g/mol. The summed E-state index contributed by atoms with van der Waals surface area (Å²) in [7, 11) is 7.36. The molecule has 5 rings (SSSR count). The maximum atomic E-state index is 12.1. The summed E-state index contributed by atoms with van der Waals surface area (Å²) in [5.74, 6) is 0.818. The second-order valence-electron chi connectivity index (χ2n) is 10.0. The summed E-state index contributed by atoms with van der Waals surface area (Å²) in [6.07, 6.45) is 3.82. The molecule has 38 heavy (non-hydrogen) atoms. The molecule has 0 aliphatic carbocycles. The predicted octanol–water partition coefficient (Wildman–Crippen LogP) is 5.09. The summed E-state index contributed by atoms with van der Waals surface area (Å²) in [5.41, 5.74) is 5.32. The van der Waals surface area contributed by atoms with E-state index < -0.39 is 0 Å². The number of aromatic nitrogens is 3. The van der Waals surface area contributed by atoms with E-state index in [0.29, 0.717) is 23.1 Å². The number of fused-ring (bicyclic) bond motifs is 3. The van der Waals surface area contributed by atoms with E-state index in [1.165, 1.54) is 22.7 Å². The molecule has 1 N–H and O–H groups in total. The SMILES string of the molecule is COc1cc(N(C)C(C)CN(C)C)c([N+](=O)[O-])cc1Nc1nccc(-c2c3n(c4ccccc24)CCC3)n1. The van der Waals surface area contributed by atoms with Crippen molar-refractivity contribution in [2.24, 2.45) is 0 Å². The molecule has 10 nitrogen and oxygen atoms in total. The summed E-state index contributed by atoms with van der Waals surface area (Å²) in [5, 5.41) is 16.4. The first-order valence-corrected chi connectivity index (χ1v) is 12.7. The first-order valence-electron chi connectivity index (χ1n) is 12.7. The molecule has 1 unspecified atom stereocenters. The molecule has 0 radical (unpaired) electrons. The third-order valence-corrected chi connectivity index (χ3v) is 7.20. The third-order valence-electron chi connectivity index (χ3n) is 7.20. The lowest BCUT2D eigenvalue weighted by atomic mass is 10.1. The number of methoxy groups -OCH3 is 1. The fourth-order valence-electron chi connectivity index (χ4n) is 5.38. The lowest BCUT2D eigenvalue weighted by Crippen LogP contribution is -2.37. The van der Waals surface area contributed by atoms with E-state index >= 15 is 0 Å². The van der Waals surface area contributed by atoms with E-state index in [1.807, 2.05) is 50.0 Å². The van der Waals surface area contributed by atoms with Gasteiger partial charge in [0.2, 0.25) is 5.95 Å². The van der Waals surface area contributed by atoms with Crippen LogP contribution in [-0.4, -0.2) is 65.2 Å². The minimum Gasteiger partial charge on any atom is -0.494 e. The molecule has 3 heterocycles. The molecular formula is C28H33N7O3. The highest BCUT2D eigenvalue weighted by atomic mass is 16.6. The van der Waals surface area contributed by atoms with Crippen LogP contribution in [0.1, 0.15) is 19.0 Å². The van der Waals surface area contributed by atoms with Gasteiger partial charge in [0.1, 0.15) is 11.4 Å². The lowest BCUT2D eigenvalue weighted by Gasteiger charge is -2.29. The molecule has 1 atom stereocenters. The van der Waals surface area contributed by atoms with Crippen LogP contribution in [0.3, 0.4) is 0 Å². The standard InChI is InChI=1S/C28H33N7O3/c1-18(17-32(2)3)33(4)24-16-26(38-5)21(15-25(24)35(36)37)31-28-29-13-12-20(30-28)27-19-9-6-7-10-22(19)34-14-8-11-23(27)34/h6-7,9-10,12-13,15-16,18H,8,11,14,17H2,1-5H3,(H,29,30,31). The fourth-order valence-corrected chi connectivity index (χ4v) is 5.38. The molecule has 1 aliphatic rings. The van der Waals surface area contributed by atoms with Crippen molar-refractivity contribution in [3.63, 3.8) is 0 Å².